The van der Waals surface area contributed by atoms with Gasteiger partial charge in [0.05, 0.1) is 6.61 Å². The normalized spacial score (nSPS) is 10.2. The molecule has 0 aliphatic rings. The van der Waals surface area contributed by atoms with Crippen molar-refractivity contribution in [2.24, 2.45) is 0 Å². The van der Waals surface area contributed by atoms with Crippen molar-refractivity contribution in [3.63, 3.8) is 0 Å². The number of carbonyl (C=O) groups excluding carboxylic acids is 1. The molecule has 0 heterocycles. The molecule has 2 aromatic carbocycles. The number of rotatable bonds is 9. The van der Waals surface area contributed by atoms with Crippen LogP contribution in [0, 0.1) is 0 Å². The van der Waals surface area contributed by atoms with Gasteiger partial charge in [0, 0.05) is 6.42 Å². The van der Waals surface area contributed by atoms with Gasteiger partial charge in [0.25, 0.3) is 0 Å². The van der Waals surface area contributed by atoms with Crippen molar-refractivity contribution in [1.29, 1.82) is 0 Å². The predicted octanol–water partition coefficient (Wildman–Crippen LogP) is 4.76. The van der Waals surface area contributed by atoms with E-state index in [9.17, 15) is 4.79 Å². The summed E-state index contributed by atoms with van der Waals surface area (Å²) in [4.78, 5) is 12.0. The van der Waals surface area contributed by atoms with E-state index in [0.29, 0.717) is 36.9 Å². The molecule has 0 radical (unpaired) electrons. The molecule has 2 aromatic rings. The van der Waals surface area contributed by atoms with Crippen molar-refractivity contribution >= 4 is 5.97 Å². The quantitative estimate of drug-likeness (QED) is 0.492. The zero-order valence-corrected chi connectivity index (χ0v) is 14.3. The molecule has 0 aromatic heterocycles. The smallest absolute Gasteiger partial charge is 0.311 e. The van der Waals surface area contributed by atoms with Crippen LogP contribution in [0.2, 0.25) is 0 Å². The zero-order valence-electron chi connectivity index (χ0n) is 14.3. The van der Waals surface area contributed by atoms with Crippen LogP contribution in [0.3, 0.4) is 0 Å². The zero-order chi connectivity index (χ0) is 17.2. The Morgan fingerprint density at radius 2 is 1.62 bits per heavy atom. The van der Waals surface area contributed by atoms with Gasteiger partial charge in [0.15, 0.2) is 11.5 Å². The minimum absolute atomic E-state index is 0.270. The van der Waals surface area contributed by atoms with Gasteiger partial charge in [-0.25, -0.2) is 0 Å². The molecule has 24 heavy (non-hydrogen) atoms. The van der Waals surface area contributed by atoms with Crippen LogP contribution >= 0.6 is 0 Å². The minimum atomic E-state index is -0.270. The fraction of sp³-hybridized carbons (Fsp3) is 0.350. The molecule has 0 amide bonds. The Labute approximate surface area is 143 Å². The largest absolute Gasteiger partial charge is 0.490 e. The second-order valence-corrected chi connectivity index (χ2v) is 5.37. The number of para-hydroxylation sites is 1. The third-order valence-corrected chi connectivity index (χ3v) is 3.43. The molecule has 0 bridgehead atoms. The molecular weight excluding hydrogens is 304 g/mol. The van der Waals surface area contributed by atoms with Crippen molar-refractivity contribution in [2.75, 3.05) is 6.61 Å². The Morgan fingerprint density at radius 3 is 2.29 bits per heavy atom. The van der Waals surface area contributed by atoms with Crippen LogP contribution in [0.25, 0.3) is 0 Å². The standard InChI is InChI=1S/C20H24O4/c1-3-5-14-19(21)24-20-17(22-4-2)12-9-13-18(20)23-15-16-10-7-6-8-11-16/h6-13H,3-5,14-15H2,1-2H3. The Morgan fingerprint density at radius 1 is 0.917 bits per heavy atom. The average molecular weight is 328 g/mol. The molecule has 0 unspecified atom stereocenters. The van der Waals surface area contributed by atoms with Gasteiger partial charge in [-0.15, -0.1) is 0 Å². The highest BCUT2D eigenvalue weighted by atomic mass is 16.6. The van der Waals surface area contributed by atoms with E-state index >= 15 is 0 Å². The van der Waals surface area contributed by atoms with Crippen LogP contribution < -0.4 is 14.2 Å². The van der Waals surface area contributed by atoms with E-state index in [2.05, 4.69) is 0 Å². The molecule has 128 valence electrons. The van der Waals surface area contributed by atoms with Gasteiger partial charge in [0.2, 0.25) is 5.75 Å². The summed E-state index contributed by atoms with van der Waals surface area (Å²) in [5.74, 6) is 1.12. The molecule has 2 rings (SSSR count). The Kier molecular flexibility index (Phi) is 7.15. The topological polar surface area (TPSA) is 44.8 Å². The van der Waals surface area contributed by atoms with E-state index in [1.165, 1.54) is 0 Å². The molecule has 0 spiro atoms. The molecule has 0 fully saturated rings. The monoisotopic (exact) mass is 328 g/mol. The third-order valence-electron chi connectivity index (χ3n) is 3.43. The number of hydrogen-bond donors (Lipinski definition) is 0. The molecule has 0 aliphatic heterocycles. The summed E-state index contributed by atoms with van der Waals surface area (Å²) in [6, 6.07) is 15.2. The van der Waals surface area contributed by atoms with E-state index in [0.717, 1.165) is 18.4 Å². The number of ether oxygens (including phenoxy) is 3. The molecular formula is C20H24O4. The highest BCUT2D eigenvalue weighted by Gasteiger charge is 2.16. The summed E-state index contributed by atoms with van der Waals surface area (Å²) in [6.45, 7) is 4.81. The molecule has 4 heteroatoms. The Balaban J connectivity index is 2.15. The van der Waals surface area contributed by atoms with Crippen LogP contribution in [0.15, 0.2) is 48.5 Å². The first-order valence-corrected chi connectivity index (χ1v) is 8.37. The highest BCUT2D eigenvalue weighted by molar-refractivity contribution is 5.74. The van der Waals surface area contributed by atoms with Crippen molar-refractivity contribution in [1.82, 2.24) is 0 Å². The van der Waals surface area contributed by atoms with E-state index in [1.54, 1.807) is 12.1 Å². The molecule has 0 saturated carbocycles. The second kappa shape index (κ2) is 9.60. The van der Waals surface area contributed by atoms with Gasteiger partial charge >= 0.3 is 5.97 Å². The van der Waals surface area contributed by atoms with Crippen molar-refractivity contribution in [2.45, 2.75) is 39.7 Å². The van der Waals surface area contributed by atoms with Gasteiger partial charge in [-0.2, -0.15) is 0 Å². The Hall–Kier alpha value is -2.49. The lowest BCUT2D eigenvalue weighted by Gasteiger charge is -2.15. The third kappa shape index (κ3) is 5.30. The van der Waals surface area contributed by atoms with Crippen molar-refractivity contribution in [3.05, 3.63) is 54.1 Å². The summed E-state index contributed by atoms with van der Waals surface area (Å²) in [5.41, 5.74) is 1.04. The Bertz CT molecular complexity index is 637. The van der Waals surface area contributed by atoms with E-state index in [4.69, 9.17) is 14.2 Å². The lowest BCUT2D eigenvalue weighted by atomic mass is 10.2. The van der Waals surface area contributed by atoms with E-state index in [1.807, 2.05) is 50.2 Å². The molecule has 0 N–H and O–H groups in total. The molecule has 4 nitrogen and oxygen atoms in total. The fourth-order valence-corrected chi connectivity index (χ4v) is 2.20. The SMILES string of the molecule is CCCCC(=O)Oc1c(OCC)cccc1OCc1ccccc1. The number of hydrogen-bond acceptors (Lipinski definition) is 4. The first-order valence-electron chi connectivity index (χ1n) is 8.37. The van der Waals surface area contributed by atoms with E-state index in [-0.39, 0.29) is 5.97 Å². The van der Waals surface area contributed by atoms with Crippen LogP contribution in [0.4, 0.5) is 0 Å². The number of unbranched alkanes of at least 4 members (excludes halogenated alkanes) is 1. The number of esters is 1. The van der Waals surface area contributed by atoms with Gasteiger partial charge in [-0.05, 0) is 31.0 Å². The molecule has 0 aliphatic carbocycles. The lowest BCUT2D eigenvalue weighted by molar-refractivity contribution is -0.134. The van der Waals surface area contributed by atoms with Gasteiger partial charge in [-0.1, -0.05) is 49.7 Å². The summed E-state index contributed by atoms with van der Waals surface area (Å²) < 4.78 is 17.0. The number of carbonyl (C=O) groups is 1. The lowest BCUT2D eigenvalue weighted by Crippen LogP contribution is -2.10. The summed E-state index contributed by atoms with van der Waals surface area (Å²) in [5, 5.41) is 0. The van der Waals surface area contributed by atoms with Crippen LogP contribution in [-0.4, -0.2) is 12.6 Å². The van der Waals surface area contributed by atoms with Crippen molar-refractivity contribution in [3.8, 4) is 17.2 Å². The average Bonchev–Trinajstić information content (AvgIpc) is 2.61. The molecule has 0 saturated heterocycles. The van der Waals surface area contributed by atoms with Crippen LogP contribution in [-0.2, 0) is 11.4 Å². The van der Waals surface area contributed by atoms with Gasteiger partial charge in [-0.3, -0.25) is 4.79 Å². The first kappa shape index (κ1) is 17.9. The molecule has 0 atom stereocenters. The van der Waals surface area contributed by atoms with Crippen LogP contribution in [0.1, 0.15) is 38.7 Å². The van der Waals surface area contributed by atoms with E-state index < -0.39 is 0 Å². The fourth-order valence-electron chi connectivity index (χ4n) is 2.20. The van der Waals surface area contributed by atoms with Crippen molar-refractivity contribution < 1.29 is 19.0 Å². The minimum Gasteiger partial charge on any atom is -0.490 e. The maximum atomic E-state index is 12.0. The summed E-state index contributed by atoms with van der Waals surface area (Å²) >= 11 is 0. The van der Waals surface area contributed by atoms with Gasteiger partial charge < -0.3 is 14.2 Å². The summed E-state index contributed by atoms with van der Waals surface area (Å²) in [7, 11) is 0. The summed E-state index contributed by atoms with van der Waals surface area (Å²) in [6.07, 6.45) is 2.13. The second-order valence-electron chi connectivity index (χ2n) is 5.37. The van der Waals surface area contributed by atoms with Crippen LogP contribution in [0.5, 0.6) is 17.2 Å². The predicted molar refractivity (Wildman–Crippen MR) is 93.5 cm³/mol. The maximum absolute atomic E-state index is 12.0. The first-order chi connectivity index (χ1) is 11.7. The highest BCUT2D eigenvalue weighted by Crippen LogP contribution is 2.38. The van der Waals surface area contributed by atoms with Gasteiger partial charge in [0.1, 0.15) is 6.61 Å². The maximum Gasteiger partial charge on any atom is 0.311 e. The number of benzene rings is 2.